The molecule has 0 aliphatic heterocycles. The standard InChI is InChI=1S/C15H25N3O.C12H10F6N2/c1-5-7-8-14(15(17)19)13(9-11(3)6-2)10-18-12(4)16;1-3-20-10(19-2)7-4-8(11(13,14)15)6-9(5-7)12(16,17)18/h8-10H,5-7H2,1-4H3,(H2,16,18)(H2,17,19);3-6H,1-2H3/b11-9?,13-10+,14-8+;. The molecule has 0 unspecified atom stereocenters. The summed E-state index contributed by atoms with van der Waals surface area (Å²) in [6.45, 7) is 9.29. The topological polar surface area (TPSA) is 106 Å². The molecule has 0 fully saturated rings. The highest BCUT2D eigenvalue weighted by molar-refractivity contribution is 6.03. The van der Waals surface area contributed by atoms with Crippen LogP contribution in [-0.4, -0.2) is 30.8 Å². The predicted molar refractivity (Wildman–Crippen MR) is 145 cm³/mol. The summed E-state index contributed by atoms with van der Waals surface area (Å²) >= 11 is 0. The first-order chi connectivity index (χ1) is 18.0. The Kier molecular flexibility index (Phi) is 14.8. The molecule has 0 bridgehead atoms. The van der Waals surface area contributed by atoms with Gasteiger partial charge in [-0.3, -0.25) is 9.79 Å². The van der Waals surface area contributed by atoms with Crippen LogP contribution in [0.2, 0.25) is 0 Å². The highest BCUT2D eigenvalue weighted by Gasteiger charge is 2.37. The Hall–Kier alpha value is -3.70. The fourth-order valence-corrected chi connectivity index (χ4v) is 2.84. The van der Waals surface area contributed by atoms with Crippen LogP contribution in [0.25, 0.3) is 0 Å². The number of rotatable bonds is 8. The third-order valence-corrected chi connectivity index (χ3v) is 4.89. The SMILES string of the molecule is CC=NC(=NC)c1cc(C(F)(F)F)cc(C(F)(F)F)c1.CCC/C=C(C(N)=O)\C(C=C(C)CC)=C\N=C(C)N. The Morgan fingerprint density at radius 3 is 1.87 bits per heavy atom. The maximum atomic E-state index is 12.6. The second-order valence-corrected chi connectivity index (χ2v) is 8.20. The van der Waals surface area contributed by atoms with E-state index in [9.17, 15) is 31.1 Å². The largest absolute Gasteiger partial charge is 0.416 e. The normalized spacial score (nSPS) is 14.4. The molecule has 12 heteroatoms. The minimum absolute atomic E-state index is 0.0619. The number of benzene rings is 1. The lowest BCUT2D eigenvalue weighted by molar-refractivity contribution is -0.143. The van der Waals surface area contributed by atoms with Gasteiger partial charge in [0.25, 0.3) is 0 Å². The number of nitrogens with two attached hydrogens (primary N) is 2. The van der Waals surface area contributed by atoms with Crippen LogP contribution in [0.15, 0.2) is 68.2 Å². The summed E-state index contributed by atoms with van der Waals surface area (Å²) in [4.78, 5) is 22.9. The summed E-state index contributed by atoms with van der Waals surface area (Å²) in [5.74, 6) is -0.201. The first kappa shape index (κ1) is 35.3. The highest BCUT2D eigenvalue weighted by atomic mass is 19.4. The third-order valence-electron chi connectivity index (χ3n) is 4.89. The number of alkyl halides is 6. The number of carbonyl (C=O) groups excluding carboxylic acids is 1. The van der Waals surface area contributed by atoms with Crippen LogP contribution in [0.5, 0.6) is 0 Å². The number of hydrogen-bond donors (Lipinski definition) is 2. The summed E-state index contributed by atoms with van der Waals surface area (Å²) in [5, 5.41) is 0. The van der Waals surface area contributed by atoms with Crippen molar-refractivity contribution in [3.63, 3.8) is 0 Å². The van der Waals surface area contributed by atoms with Crippen LogP contribution >= 0.6 is 0 Å². The molecule has 39 heavy (non-hydrogen) atoms. The van der Waals surface area contributed by atoms with Crippen molar-refractivity contribution >= 4 is 23.8 Å². The Labute approximate surface area is 225 Å². The summed E-state index contributed by atoms with van der Waals surface area (Å²) in [6.07, 6.45) is -0.484. The number of aliphatic imine (C=N–C) groups is 3. The molecule has 0 aromatic heterocycles. The van der Waals surface area contributed by atoms with Gasteiger partial charge in [0.2, 0.25) is 5.91 Å². The van der Waals surface area contributed by atoms with Crippen molar-refractivity contribution < 1.29 is 31.1 Å². The zero-order valence-corrected chi connectivity index (χ0v) is 22.8. The molecule has 4 N–H and O–H groups in total. The quantitative estimate of drug-likeness (QED) is 0.118. The van der Waals surface area contributed by atoms with Crippen LogP contribution in [-0.2, 0) is 17.1 Å². The van der Waals surface area contributed by atoms with Gasteiger partial charge in [-0.1, -0.05) is 38.0 Å². The molecule has 0 aliphatic carbocycles. The second-order valence-electron chi connectivity index (χ2n) is 8.20. The maximum Gasteiger partial charge on any atom is 0.416 e. The van der Waals surface area contributed by atoms with Crippen LogP contribution in [0, 0.1) is 0 Å². The molecule has 6 nitrogen and oxygen atoms in total. The van der Waals surface area contributed by atoms with E-state index in [1.54, 1.807) is 13.1 Å². The molecule has 0 aliphatic rings. The summed E-state index contributed by atoms with van der Waals surface area (Å²) in [7, 11) is 1.23. The van der Waals surface area contributed by atoms with Crippen molar-refractivity contribution in [3.8, 4) is 0 Å². The molecule has 0 saturated heterocycles. The zero-order chi connectivity index (χ0) is 30.4. The average Bonchev–Trinajstić information content (AvgIpc) is 2.84. The number of amidine groups is 2. The number of primary amides is 1. The van der Waals surface area contributed by atoms with Gasteiger partial charge in [0.05, 0.1) is 17.0 Å². The monoisotopic (exact) mass is 559 g/mol. The highest BCUT2D eigenvalue weighted by Crippen LogP contribution is 2.36. The smallest absolute Gasteiger partial charge is 0.387 e. The van der Waals surface area contributed by atoms with E-state index in [-0.39, 0.29) is 17.5 Å². The van der Waals surface area contributed by atoms with E-state index in [1.165, 1.54) is 20.2 Å². The molecule has 0 saturated carbocycles. The van der Waals surface area contributed by atoms with Gasteiger partial charge in [-0.15, -0.1) is 0 Å². The molecular weight excluding hydrogens is 524 g/mol. The van der Waals surface area contributed by atoms with Gasteiger partial charge in [-0.2, -0.15) is 26.3 Å². The summed E-state index contributed by atoms with van der Waals surface area (Å²) in [5.41, 5.74) is 10.2. The molecular formula is C27H35F6N5O. The van der Waals surface area contributed by atoms with Crippen molar-refractivity contribution in [2.45, 2.75) is 66.2 Å². The molecule has 216 valence electrons. The number of halogens is 6. The molecule has 0 heterocycles. The molecule has 0 radical (unpaired) electrons. The van der Waals surface area contributed by atoms with Gasteiger partial charge in [0.15, 0.2) is 5.84 Å². The predicted octanol–water partition coefficient (Wildman–Crippen LogP) is 7.01. The number of amides is 1. The van der Waals surface area contributed by atoms with Crippen LogP contribution in [0.4, 0.5) is 26.3 Å². The Bertz CT molecular complexity index is 1120. The third kappa shape index (κ3) is 13.1. The Morgan fingerprint density at radius 2 is 1.51 bits per heavy atom. The number of hydrogen-bond acceptors (Lipinski definition) is 3. The number of carbonyl (C=O) groups is 1. The van der Waals surface area contributed by atoms with E-state index in [0.717, 1.165) is 24.8 Å². The van der Waals surface area contributed by atoms with Gasteiger partial charge in [0.1, 0.15) is 0 Å². The molecule has 1 aromatic rings. The van der Waals surface area contributed by atoms with E-state index < -0.39 is 29.4 Å². The fraction of sp³-hybridized carbons (Fsp3) is 0.407. The van der Waals surface area contributed by atoms with E-state index in [0.29, 0.717) is 29.1 Å². The molecule has 1 rings (SSSR count). The number of allylic oxidation sites excluding steroid dienone is 3. The summed E-state index contributed by atoms with van der Waals surface area (Å²) in [6, 6.07) is 1.24. The lowest BCUT2D eigenvalue weighted by Gasteiger charge is -2.13. The van der Waals surface area contributed by atoms with Crippen molar-refractivity contribution in [2.75, 3.05) is 7.05 Å². The van der Waals surface area contributed by atoms with E-state index in [1.807, 2.05) is 26.0 Å². The lowest BCUT2D eigenvalue weighted by Crippen LogP contribution is -2.15. The van der Waals surface area contributed by atoms with Gasteiger partial charge in [0, 0.05) is 36.2 Å². The second kappa shape index (κ2) is 16.3. The van der Waals surface area contributed by atoms with Crippen LogP contribution < -0.4 is 11.5 Å². The van der Waals surface area contributed by atoms with Crippen LogP contribution in [0.3, 0.4) is 0 Å². The van der Waals surface area contributed by atoms with Gasteiger partial charge in [-0.25, -0.2) is 9.98 Å². The average molecular weight is 560 g/mol. The van der Waals surface area contributed by atoms with Crippen molar-refractivity contribution in [1.29, 1.82) is 0 Å². The van der Waals surface area contributed by atoms with Gasteiger partial charge >= 0.3 is 12.4 Å². The molecule has 0 atom stereocenters. The van der Waals surface area contributed by atoms with E-state index in [4.69, 9.17) is 11.5 Å². The van der Waals surface area contributed by atoms with E-state index >= 15 is 0 Å². The van der Waals surface area contributed by atoms with Crippen molar-refractivity contribution in [3.05, 3.63) is 70.0 Å². The van der Waals surface area contributed by atoms with Gasteiger partial charge < -0.3 is 11.5 Å². The minimum atomic E-state index is -4.88. The van der Waals surface area contributed by atoms with Gasteiger partial charge in [-0.05, 0) is 51.8 Å². The molecule has 0 spiro atoms. The summed E-state index contributed by atoms with van der Waals surface area (Å²) < 4.78 is 75.9. The Morgan fingerprint density at radius 1 is 0.974 bits per heavy atom. The lowest BCUT2D eigenvalue weighted by atomic mass is 10.0. The first-order valence-electron chi connectivity index (χ1n) is 11.9. The van der Waals surface area contributed by atoms with Crippen molar-refractivity contribution in [2.24, 2.45) is 26.4 Å². The van der Waals surface area contributed by atoms with Crippen molar-refractivity contribution in [1.82, 2.24) is 0 Å². The zero-order valence-electron chi connectivity index (χ0n) is 22.8. The molecule has 1 aromatic carbocycles. The molecule has 1 amide bonds. The fourth-order valence-electron chi connectivity index (χ4n) is 2.84. The number of nitrogens with zero attached hydrogens (tertiary/aromatic N) is 3. The van der Waals surface area contributed by atoms with Crippen LogP contribution in [0.1, 0.15) is 70.6 Å². The Balaban J connectivity index is 0.000000742. The van der Waals surface area contributed by atoms with E-state index in [2.05, 4.69) is 21.9 Å². The maximum absolute atomic E-state index is 12.6. The number of unbranched alkanes of at least 4 members (excludes halogenated alkanes) is 1. The minimum Gasteiger partial charge on any atom is -0.387 e. The first-order valence-corrected chi connectivity index (χ1v) is 11.9.